The Morgan fingerprint density at radius 2 is 2.41 bits per heavy atom. The summed E-state index contributed by atoms with van der Waals surface area (Å²) >= 11 is 3.47. The Bertz CT molecular complexity index is 414. The lowest BCUT2D eigenvalue weighted by molar-refractivity contribution is -0.120. The number of rotatable bonds is 4. The highest BCUT2D eigenvalue weighted by molar-refractivity contribution is 9.10. The highest BCUT2D eigenvalue weighted by atomic mass is 79.9. The van der Waals surface area contributed by atoms with Crippen molar-refractivity contribution in [1.29, 1.82) is 0 Å². The molecular weight excluding hydrogens is 282 g/mol. The van der Waals surface area contributed by atoms with Gasteiger partial charge in [0.05, 0.1) is 13.2 Å². The lowest BCUT2D eigenvalue weighted by atomic mass is 10.0. The molecule has 17 heavy (non-hydrogen) atoms. The van der Waals surface area contributed by atoms with Crippen LogP contribution in [0.25, 0.3) is 0 Å². The van der Waals surface area contributed by atoms with E-state index in [0.717, 1.165) is 35.2 Å². The van der Waals surface area contributed by atoms with Crippen molar-refractivity contribution in [3.8, 4) is 5.75 Å². The molecule has 0 bridgehead atoms. The standard InChI is InChI=1S/C13H16BrNO2/c1-17-10-4-5-11(14)9(7-10)8-13(16)12-3-2-6-15-12/h4-5,7,12,15H,2-3,6,8H2,1H3. The molecule has 1 N–H and O–H groups in total. The first-order chi connectivity index (χ1) is 8.20. The third-order valence-electron chi connectivity index (χ3n) is 3.07. The average Bonchev–Trinajstić information content (AvgIpc) is 2.85. The van der Waals surface area contributed by atoms with Gasteiger partial charge in [0.15, 0.2) is 5.78 Å². The summed E-state index contributed by atoms with van der Waals surface area (Å²) in [5.74, 6) is 1.05. The predicted molar refractivity (Wildman–Crippen MR) is 70.4 cm³/mol. The minimum Gasteiger partial charge on any atom is -0.497 e. The number of ketones is 1. The molecule has 92 valence electrons. The lowest BCUT2D eigenvalue weighted by Gasteiger charge is -2.11. The van der Waals surface area contributed by atoms with Crippen LogP contribution >= 0.6 is 15.9 Å². The average molecular weight is 298 g/mol. The monoisotopic (exact) mass is 297 g/mol. The highest BCUT2D eigenvalue weighted by Gasteiger charge is 2.22. The van der Waals surface area contributed by atoms with Gasteiger partial charge in [0.1, 0.15) is 5.75 Å². The minimum atomic E-state index is 0.0353. The maximum Gasteiger partial charge on any atom is 0.154 e. The van der Waals surface area contributed by atoms with Crippen molar-refractivity contribution in [3.05, 3.63) is 28.2 Å². The van der Waals surface area contributed by atoms with Crippen molar-refractivity contribution in [3.63, 3.8) is 0 Å². The molecule has 0 spiro atoms. The van der Waals surface area contributed by atoms with E-state index >= 15 is 0 Å². The number of methoxy groups -OCH3 is 1. The highest BCUT2D eigenvalue weighted by Crippen LogP contribution is 2.23. The molecule has 4 heteroatoms. The largest absolute Gasteiger partial charge is 0.497 e. The molecule has 1 aromatic carbocycles. The number of hydrogen-bond donors (Lipinski definition) is 1. The molecule has 0 aliphatic carbocycles. The van der Waals surface area contributed by atoms with E-state index in [1.807, 2.05) is 18.2 Å². The Balaban J connectivity index is 2.09. The van der Waals surface area contributed by atoms with Crippen LogP contribution in [0.2, 0.25) is 0 Å². The summed E-state index contributed by atoms with van der Waals surface area (Å²) in [6.45, 7) is 0.954. The third kappa shape index (κ3) is 3.07. The van der Waals surface area contributed by atoms with E-state index in [2.05, 4.69) is 21.2 Å². The molecule has 1 atom stereocenters. The van der Waals surface area contributed by atoms with Gasteiger partial charge in [0, 0.05) is 10.9 Å². The number of carbonyl (C=O) groups excluding carboxylic acids is 1. The van der Waals surface area contributed by atoms with Crippen LogP contribution in [0.15, 0.2) is 22.7 Å². The molecule has 1 aromatic rings. The van der Waals surface area contributed by atoms with Crippen LogP contribution in [0.1, 0.15) is 18.4 Å². The van der Waals surface area contributed by atoms with E-state index in [4.69, 9.17) is 4.74 Å². The first kappa shape index (κ1) is 12.6. The second-order valence-electron chi connectivity index (χ2n) is 4.25. The molecule has 1 heterocycles. The summed E-state index contributed by atoms with van der Waals surface area (Å²) in [6.07, 6.45) is 2.51. The van der Waals surface area contributed by atoms with Gasteiger partial charge in [0.25, 0.3) is 0 Å². The van der Waals surface area contributed by atoms with E-state index in [1.165, 1.54) is 0 Å². The molecule has 1 fully saturated rings. The second-order valence-corrected chi connectivity index (χ2v) is 5.10. The van der Waals surface area contributed by atoms with E-state index in [-0.39, 0.29) is 11.8 Å². The van der Waals surface area contributed by atoms with Crippen molar-refractivity contribution in [2.45, 2.75) is 25.3 Å². The number of ether oxygens (including phenoxy) is 1. The smallest absolute Gasteiger partial charge is 0.154 e. The summed E-state index contributed by atoms with van der Waals surface area (Å²) in [6, 6.07) is 5.75. The van der Waals surface area contributed by atoms with E-state index in [1.54, 1.807) is 7.11 Å². The summed E-state index contributed by atoms with van der Waals surface area (Å²) < 4.78 is 6.13. The first-order valence-electron chi connectivity index (χ1n) is 5.79. The topological polar surface area (TPSA) is 38.3 Å². The fraction of sp³-hybridized carbons (Fsp3) is 0.462. The molecule has 1 aliphatic rings. The summed E-state index contributed by atoms with van der Waals surface area (Å²) in [7, 11) is 1.63. The Morgan fingerprint density at radius 3 is 3.06 bits per heavy atom. The van der Waals surface area contributed by atoms with Crippen LogP contribution in [0.4, 0.5) is 0 Å². The maximum atomic E-state index is 12.0. The number of carbonyl (C=O) groups is 1. The fourth-order valence-electron chi connectivity index (χ4n) is 2.08. The second kappa shape index (κ2) is 5.65. The van der Waals surface area contributed by atoms with Crippen LogP contribution < -0.4 is 10.1 Å². The Labute approximate surface area is 110 Å². The lowest BCUT2D eigenvalue weighted by Crippen LogP contribution is -2.31. The van der Waals surface area contributed by atoms with Gasteiger partial charge in [-0.05, 0) is 43.1 Å². The number of nitrogens with one attached hydrogen (secondary N) is 1. The van der Waals surface area contributed by atoms with Gasteiger partial charge in [-0.3, -0.25) is 4.79 Å². The van der Waals surface area contributed by atoms with E-state index in [9.17, 15) is 4.79 Å². The third-order valence-corrected chi connectivity index (χ3v) is 3.84. The van der Waals surface area contributed by atoms with Crippen LogP contribution in [0.3, 0.4) is 0 Å². The van der Waals surface area contributed by atoms with Gasteiger partial charge in [-0.2, -0.15) is 0 Å². The predicted octanol–water partition coefficient (Wildman–Crippen LogP) is 2.32. The molecule has 0 amide bonds. The van der Waals surface area contributed by atoms with Crippen LogP contribution in [-0.2, 0) is 11.2 Å². The van der Waals surface area contributed by atoms with Crippen molar-refractivity contribution in [1.82, 2.24) is 5.32 Å². The molecule has 3 nitrogen and oxygen atoms in total. The molecule has 2 rings (SSSR count). The van der Waals surface area contributed by atoms with Crippen LogP contribution in [0.5, 0.6) is 5.75 Å². The van der Waals surface area contributed by atoms with E-state index < -0.39 is 0 Å². The minimum absolute atomic E-state index is 0.0353. The Hall–Kier alpha value is -0.870. The summed E-state index contributed by atoms with van der Waals surface area (Å²) in [5.41, 5.74) is 0.989. The van der Waals surface area contributed by atoms with Gasteiger partial charge in [0.2, 0.25) is 0 Å². The molecular formula is C13H16BrNO2. The molecule has 1 unspecified atom stereocenters. The maximum absolute atomic E-state index is 12.0. The Morgan fingerprint density at radius 1 is 1.59 bits per heavy atom. The first-order valence-corrected chi connectivity index (χ1v) is 6.58. The fourth-order valence-corrected chi connectivity index (χ4v) is 2.47. The molecule has 0 aromatic heterocycles. The zero-order chi connectivity index (χ0) is 12.3. The molecule has 0 radical (unpaired) electrons. The van der Waals surface area contributed by atoms with Gasteiger partial charge in [-0.25, -0.2) is 0 Å². The summed E-state index contributed by atoms with van der Waals surface area (Å²) in [5, 5.41) is 3.23. The molecule has 0 saturated carbocycles. The van der Waals surface area contributed by atoms with Gasteiger partial charge >= 0.3 is 0 Å². The zero-order valence-electron chi connectivity index (χ0n) is 9.83. The number of benzene rings is 1. The number of halogens is 1. The van der Waals surface area contributed by atoms with Crippen LogP contribution in [-0.4, -0.2) is 25.5 Å². The normalized spacial score (nSPS) is 19.3. The number of hydrogen-bond acceptors (Lipinski definition) is 3. The van der Waals surface area contributed by atoms with Crippen molar-refractivity contribution in [2.75, 3.05) is 13.7 Å². The van der Waals surface area contributed by atoms with Gasteiger partial charge in [-0.15, -0.1) is 0 Å². The van der Waals surface area contributed by atoms with Crippen molar-refractivity contribution < 1.29 is 9.53 Å². The number of Topliss-reactive ketones (excluding diaryl/α,β-unsaturated/α-hetero) is 1. The van der Waals surface area contributed by atoms with Gasteiger partial charge < -0.3 is 10.1 Å². The van der Waals surface area contributed by atoms with Crippen molar-refractivity contribution >= 4 is 21.7 Å². The van der Waals surface area contributed by atoms with E-state index in [0.29, 0.717) is 6.42 Å². The SMILES string of the molecule is COc1ccc(Br)c(CC(=O)C2CCCN2)c1. The van der Waals surface area contributed by atoms with Crippen LogP contribution in [0, 0.1) is 0 Å². The quantitative estimate of drug-likeness (QED) is 0.927. The summed E-state index contributed by atoms with van der Waals surface area (Å²) in [4.78, 5) is 12.0. The van der Waals surface area contributed by atoms with Crippen molar-refractivity contribution in [2.24, 2.45) is 0 Å². The zero-order valence-corrected chi connectivity index (χ0v) is 11.4. The Kier molecular flexibility index (Phi) is 4.18. The molecule has 1 aliphatic heterocycles. The van der Waals surface area contributed by atoms with Gasteiger partial charge in [-0.1, -0.05) is 15.9 Å². The molecule has 1 saturated heterocycles.